The molecule has 2 heterocycles. The lowest BCUT2D eigenvalue weighted by Crippen LogP contribution is -2.19. The highest BCUT2D eigenvalue weighted by Gasteiger charge is 2.13. The summed E-state index contributed by atoms with van der Waals surface area (Å²) in [7, 11) is 2.14. The number of para-hydroxylation sites is 1. The van der Waals surface area contributed by atoms with Crippen molar-refractivity contribution in [3.05, 3.63) is 95.6 Å². The molecule has 0 atom stereocenters. The molecule has 0 spiro atoms. The molecule has 0 amide bonds. The van der Waals surface area contributed by atoms with Gasteiger partial charge in [0.1, 0.15) is 0 Å². The lowest BCUT2D eigenvalue weighted by atomic mass is 10.2. The van der Waals surface area contributed by atoms with Gasteiger partial charge in [0, 0.05) is 53.0 Å². The van der Waals surface area contributed by atoms with Crippen LogP contribution in [0.2, 0.25) is 5.02 Å². The van der Waals surface area contributed by atoms with Crippen LogP contribution in [-0.4, -0.2) is 52.3 Å². The fourth-order valence-corrected chi connectivity index (χ4v) is 5.02. The Morgan fingerprint density at radius 3 is 2.40 bits per heavy atom. The Hall–Kier alpha value is -3.22. The summed E-state index contributed by atoms with van der Waals surface area (Å²) in [6.45, 7) is 2.01. The van der Waals surface area contributed by atoms with Crippen molar-refractivity contribution >= 4 is 46.1 Å². The Labute approximate surface area is 215 Å². The van der Waals surface area contributed by atoms with E-state index in [1.165, 1.54) is 28.1 Å². The van der Waals surface area contributed by atoms with Crippen LogP contribution in [0.1, 0.15) is 23.2 Å². The number of amidine groups is 1. The van der Waals surface area contributed by atoms with E-state index in [0.717, 1.165) is 36.0 Å². The van der Waals surface area contributed by atoms with Gasteiger partial charge in [-0.3, -0.25) is 4.99 Å². The summed E-state index contributed by atoms with van der Waals surface area (Å²) in [5.74, 6) is 1.37. The van der Waals surface area contributed by atoms with Crippen LogP contribution in [0.3, 0.4) is 0 Å². The van der Waals surface area contributed by atoms with E-state index in [9.17, 15) is 4.79 Å². The first kappa shape index (κ1) is 24.9. The molecule has 0 radical (unpaired) electrons. The Morgan fingerprint density at radius 1 is 1.03 bits per heavy atom. The number of halogens is 1. The van der Waals surface area contributed by atoms with Crippen LogP contribution in [0, 0.1) is 0 Å². The lowest BCUT2D eigenvalue weighted by Gasteiger charge is -2.10. The van der Waals surface area contributed by atoms with Crippen molar-refractivity contribution in [1.82, 2.24) is 9.47 Å². The minimum Gasteiger partial charge on any atom is -0.478 e. The zero-order chi connectivity index (χ0) is 24.6. The molecule has 1 aromatic heterocycles. The summed E-state index contributed by atoms with van der Waals surface area (Å²) in [6, 6.07) is 24.8. The minimum absolute atomic E-state index is 0.331. The first-order valence-corrected chi connectivity index (χ1v) is 12.9. The Balaban J connectivity index is 0.000000271. The third kappa shape index (κ3) is 6.47. The summed E-state index contributed by atoms with van der Waals surface area (Å²) < 4.78 is 2.24. The summed E-state index contributed by atoms with van der Waals surface area (Å²) >= 11 is 7.92. The second kappa shape index (κ2) is 12.0. The molecular formula is C28H28ClN3O2S. The Morgan fingerprint density at radius 2 is 1.74 bits per heavy atom. The lowest BCUT2D eigenvalue weighted by molar-refractivity contribution is 0.0697. The van der Waals surface area contributed by atoms with Crippen molar-refractivity contribution in [2.24, 2.45) is 4.99 Å². The molecule has 0 unspecified atom stereocenters. The van der Waals surface area contributed by atoms with Gasteiger partial charge in [-0.25, -0.2) is 4.79 Å². The predicted octanol–water partition coefficient (Wildman–Crippen LogP) is 6.88. The summed E-state index contributed by atoms with van der Waals surface area (Å²) in [6.07, 6.45) is 4.58. The van der Waals surface area contributed by atoms with Crippen molar-refractivity contribution in [3.8, 4) is 5.69 Å². The normalized spacial score (nSPS) is 14.2. The van der Waals surface area contributed by atoms with Gasteiger partial charge in [-0.1, -0.05) is 48.0 Å². The highest BCUT2D eigenvalue weighted by atomic mass is 35.5. The van der Waals surface area contributed by atoms with Gasteiger partial charge in [0.05, 0.1) is 23.5 Å². The number of carboxylic acid groups (broad SMARTS) is 1. The Kier molecular flexibility index (Phi) is 8.50. The fourth-order valence-electron chi connectivity index (χ4n) is 3.98. The zero-order valence-corrected chi connectivity index (χ0v) is 21.2. The largest absolute Gasteiger partial charge is 0.478 e. The molecule has 1 aliphatic heterocycles. The van der Waals surface area contributed by atoms with E-state index in [1.54, 1.807) is 30.3 Å². The van der Waals surface area contributed by atoms with Crippen molar-refractivity contribution in [2.75, 3.05) is 25.9 Å². The number of aliphatic imine (C=N–C) groups is 1. The SMILES string of the molecule is CN1CCC/C1=N\CCSc1cn(-c2ccc(Cl)cc2)c2ccccc12.O=C(O)c1ccccc1. The van der Waals surface area contributed by atoms with Gasteiger partial charge in [0.2, 0.25) is 0 Å². The third-order valence-corrected chi connectivity index (χ3v) is 7.05. The number of fused-ring (bicyclic) bond motifs is 1. The number of aromatic nitrogens is 1. The number of carbonyl (C=O) groups is 1. The van der Waals surface area contributed by atoms with E-state index < -0.39 is 5.97 Å². The maximum absolute atomic E-state index is 10.2. The molecule has 1 saturated heterocycles. The molecular weight excluding hydrogens is 478 g/mol. The van der Waals surface area contributed by atoms with Gasteiger partial charge in [-0.05, 0) is 48.9 Å². The van der Waals surface area contributed by atoms with Gasteiger partial charge < -0.3 is 14.6 Å². The standard InChI is InChI=1S/C21H22ClN3S.C7H6O2/c1-24-13-4-7-21(24)23-12-14-26-20-15-25(17-10-8-16(22)9-11-17)19-6-3-2-5-18(19)20;8-7(9)6-4-2-1-3-5-6/h2-3,5-6,8-11,15H,4,7,12-14H2,1H3;1-5H,(H,8,9)/b23-21+;. The van der Waals surface area contributed by atoms with Crippen molar-refractivity contribution < 1.29 is 9.90 Å². The highest BCUT2D eigenvalue weighted by molar-refractivity contribution is 7.99. The maximum atomic E-state index is 10.2. The Bertz CT molecular complexity index is 1300. The van der Waals surface area contributed by atoms with Crippen molar-refractivity contribution in [3.63, 3.8) is 0 Å². The minimum atomic E-state index is -0.879. The second-order valence-corrected chi connectivity index (χ2v) is 9.77. The van der Waals surface area contributed by atoms with E-state index in [2.05, 4.69) is 59.1 Å². The molecule has 0 saturated carbocycles. The third-order valence-electron chi connectivity index (χ3n) is 5.78. The number of benzene rings is 3. The van der Waals surface area contributed by atoms with Crippen molar-refractivity contribution in [1.29, 1.82) is 0 Å². The van der Waals surface area contributed by atoms with Crippen LogP contribution in [-0.2, 0) is 0 Å². The maximum Gasteiger partial charge on any atom is 0.335 e. The van der Waals surface area contributed by atoms with Gasteiger partial charge in [-0.15, -0.1) is 11.8 Å². The van der Waals surface area contributed by atoms with Crippen LogP contribution in [0.5, 0.6) is 0 Å². The average Bonchev–Trinajstić information content (AvgIpc) is 3.46. The van der Waals surface area contributed by atoms with E-state index in [-0.39, 0.29) is 0 Å². The first-order chi connectivity index (χ1) is 17.0. The van der Waals surface area contributed by atoms with Gasteiger partial charge in [0.25, 0.3) is 0 Å². The monoisotopic (exact) mass is 505 g/mol. The molecule has 0 bridgehead atoms. The quantitative estimate of drug-likeness (QED) is 0.229. The molecule has 4 aromatic rings. The summed E-state index contributed by atoms with van der Waals surface area (Å²) in [4.78, 5) is 18.6. The average molecular weight is 506 g/mol. The number of aromatic carboxylic acids is 1. The van der Waals surface area contributed by atoms with Crippen LogP contribution in [0.15, 0.2) is 94.9 Å². The van der Waals surface area contributed by atoms with Crippen molar-refractivity contribution in [2.45, 2.75) is 17.7 Å². The van der Waals surface area contributed by atoms with Crippen LogP contribution < -0.4 is 0 Å². The van der Waals surface area contributed by atoms with Gasteiger partial charge >= 0.3 is 5.97 Å². The van der Waals surface area contributed by atoms with E-state index >= 15 is 0 Å². The number of carboxylic acids is 1. The summed E-state index contributed by atoms with van der Waals surface area (Å²) in [5, 5.41) is 10.4. The predicted molar refractivity (Wildman–Crippen MR) is 147 cm³/mol. The zero-order valence-electron chi connectivity index (χ0n) is 19.6. The molecule has 1 N–H and O–H groups in total. The fraction of sp³-hybridized carbons (Fsp3) is 0.214. The van der Waals surface area contributed by atoms with Gasteiger partial charge in [0.15, 0.2) is 0 Å². The van der Waals surface area contributed by atoms with Crippen LogP contribution in [0.25, 0.3) is 16.6 Å². The topological polar surface area (TPSA) is 57.8 Å². The first-order valence-electron chi connectivity index (χ1n) is 11.5. The molecule has 1 fully saturated rings. The molecule has 5 rings (SSSR count). The number of thioether (sulfide) groups is 1. The summed E-state index contributed by atoms with van der Waals surface area (Å²) in [5.41, 5.74) is 2.68. The molecule has 35 heavy (non-hydrogen) atoms. The van der Waals surface area contributed by atoms with Gasteiger partial charge in [-0.2, -0.15) is 0 Å². The molecule has 5 nitrogen and oxygen atoms in total. The van der Waals surface area contributed by atoms with E-state index in [1.807, 2.05) is 23.9 Å². The highest BCUT2D eigenvalue weighted by Crippen LogP contribution is 2.32. The number of hydrogen-bond donors (Lipinski definition) is 1. The number of hydrogen-bond acceptors (Lipinski definition) is 3. The molecule has 3 aromatic carbocycles. The molecule has 180 valence electrons. The van der Waals surface area contributed by atoms with E-state index in [4.69, 9.17) is 21.7 Å². The molecule has 7 heteroatoms. The second-order valence-electron chi connectivity index (χ2n) is 8.20. The number of likely N-dealkylation sites (tertiary alicyclic amines) is 1. The molecule has 1 aliphatic rings. The van der Waals surface area contributed by atoms with E-state index in [0.29, 0.717) is 5.56 Å². The smallest absolute Gasteiger partial charge is 0.335 e. The van der Waals surface area contributed by atoms with Crippen LogP contribution >= 0.6 is 23.4 Å². The van der Waals surface area contributed by atoms with Crippen LogP contribution in [0.4, 0.5) is 0 Å². The number of nitrogens with zero attached hydrogens (tertiary/aromatic N) is 3. The number of rotatable bonds is 6. The molecule has 0 aliphatic carbocycles.